The first kappa shape index (κ1) is 32.1. The summed E-state index contributed by atoms with van der Waals surface area (Å²) in [4.78, 5) is 26.4. The number of epoxide rings is 1. The van der Waals surface area contributed by atoms with Gasteiger partial charge in [0.05, 0.1) is 18.3 Å². The van der Waals surface area contributed by atoms with Gasteiger partial charge in [0.25, 0.3) is 0 Å². The van der Waals surface area contributed by atoms with Gasteiger partial charge in [0.15, 0.2) is 11.4 Å². The van der Waals surface area contributed by atoms with Gasteiger partial charge in [-0.25, -0.2) is 0 Å². The van der Waals surface area contributed by atoms with Crippen LogP contribution in [0.5, 0.6) is 0 Å². The first-order chi connectivity index (χ1) is 19.8. The van der Waals surface area contributed by atoms with Crippen LogP contribution in [-0.4, -0.2) is 73.4 Å². The predicted octanol–water partition coefficient (Wildman–Crippen LogP) is 4.39. The highest BCUT2D eigenvalue weighted by molar-refractivity contribution is 6.05. The molecule has 5 rings (SSSR count). The molecule has 10 atom stereocenters. The summed E-state index contributed by atoms with van der Waals surface area (Å²) in [6, 6.07) is 0. The summed E-state index contributed by atoms with van der Waals surface area (Å²) in [5.74, 6) is -3.39. The Morgan fingerprint density at radius 2 is 1.60 bits per heavy atom. The molecule has 1 saturated heterocycles. The molecule has 238 valence electrons. The normalized spacial score (nSPS) is 44.3. The molecular formula is C34H54O8. The van der Waals surface area contributed by atoms with Crippen molar-refractivity contribution in [2.45, 2.75) is 153 Å². The topological polar surface area (TPSA) is 137 Å². The van der Waals surface area contributed by atoms with Crippen LogP contribution in [0.3, 0.4) is 0 Å². The van der Waals surface area contributed by atoms with Crippen LogP contribution in [-0.2, 0) is 19.1 Å². The summed E-state index contributed by atoms with van der Waals surface area (Å²) in [5.41, 5.74) is -6.50. The van der Waals surface area contributed by atoms with Gasteiger partial charge in [-0.1, -0.05) is 98.0 Å². The fraction of sp³-hybridized carbons (Fsp3) is 0.882. The van der Waals surface area contributed by atoms with Gasteiger partial charge < -0.3 is 29.9 Å². The molecule has 0 amide bonds. The minimum Gasteiger partial charge on any atom is -0.458 e. The van der Waals surface area contributed by atoms with E-state index in [1.165, 1.54) is 51.4 Å². The van der Waals surface area contributed by atoms with Crippen LogP contribution in [0.15, 0.2) is 11.6 Å². The molecule has 42 heavy (non-hydrogen) atoms. The van der Waals surface area contributed by atoms with Crippen LogP contribution in [0.25, 0.3) is 0 Å². The van der Waals surface area contributed by atoms with E-state index >= 15 is 0 Å². The monoisotopic (exact) mass is 590 g/mol. The Morgan fingerprint density at radius 3 is 2.17 bits per heavy atom. The van der Waals surface area contributed by atoms with Crippen molar-refractivity contribution in [3.63, 3.8) is 0 Å². The van der Waals surface area contributed by atoms with E-state index < -0.39 is 70.2 Å². The number of aliphatic hydroxyl groups excluding tert-OH is 2. The number of fused-ring (bicyclic) bond motifs is 7. The van der Waals surface area contributed by atoms with Crippen LogP contribution in [0.4, 0.5) is 0 Å². The molecule has 0 spiro atoms. The molecule has 3 saturated carbocycles. The highest BCUT2D eigenvalue weighted by Gasteiger charge is 2.90. The second-order valence-corrected chi connectivity index (χ2v) is 14.9. The molecule has 0 aromatic carbocycles. The molecule has 8 nitrogen and oxygen atoms in total. The van der Waals surface area contributed by atoms with Crippen LogP contribution >= 0.6 is 0 Å². The number of carbonyl (C=O) groups excluding carboxylic acids is 2. The van der Waals surface area contributed by atoms with E-state index in [-0.39, 0.29) is 17.5 Å². The van der Waals surface area contributed by atoms with Crippen molar-refractivity contribution in [3.8, 4) is 0 Å². The zero-order valence-electron chi connectivity index (χ0n) is 26.4. The Morgan fingerprint density at radius 1 is 1.02 bits per heavy atom. The first-order valence-electron chi connectivity index (χ1n) is 16.7. The largest absolute Gasteiger partial charge is 0.458 e. The fourth-order valence-corrected chi connectivity index (χ4v) is 9.63. The zero-order chi connectivity index (χ0) is 30.7. The maximum Gasteiger partial charge on any atom is 0.306 e. The van der Waals surface area contributed by atoms with E-state index in [4.69, 9.17) is 9.47 Å². The highest BCUT2D eigenvalue weighted by atomic mass is 16.6. The number of aliphatic hydroxyl groups is 4. The summed E-state index contributed by atoms with van der Waals surface area (Å²) >= 11 is 0. The summed E-state index contributed by atoms with van der Waals surface area (Å²) in [6.07, 6.45) is 13.1. The van der Waals surface area contributed by atoms with Crippen molar-refractivity contribution in [2.24, 2.45) is 29.1 Å². The van der Waals surface area contributed by atoms with E-state index in [9.17, 15) is 30.0 Å². The number of Topliss-reactive ketones (excluding diaryl/α,β-unsaturated/α-hetero) is 1. The predicted molar refractivity (Wildman–Crippen MR) is 157 cm³/mol. The molecule has 4 N–H and O–H groups in total. The average molecular weight is 591 g/mol. The van der Waals surface area contributed by atoms with Gasteiger partial charge in [0.2, 0.25) is 0 Å². The van der Waals surface area contributed by atoms with Crippen molar-refractivity contribution < 1.29 is 39.5 Å². The standard InChI is InChI=1S/C34H54O8/c1-6-7-8-9-10-11-12-13-14-15-16-17-24(36)41-32-19-22(3)33(39)23-18-21(2)27(37)34(23,40)29(38)31(20-35)28(42-31)25(33)26(32)30(32,4)5/h18,22-23,25-26,28-29,35,38-40H,6-17,19-20H2,1-5H3/t22-,23+,25-,26-,28?,29?,31?,32+,33+,34-/m1/s1. The summed E-state index contributed by atoms with van der Waals surface area (Å²) in [7, 11) is 0. The highest BCUT2D eigenvalue weighted by Crippen LogP contribution is 2.79. The van der Waals surface area contributed by atoms with Gasteiger partial charge in [-0.2, -0.15) is 0 Å². The van der Waals surface area contributed by atoms with E-state index in [2.05, 4.69) is 6.92 Å². The molecule has 0 bridgehead atoms. The Balaban J connectivity index is 1.24. The number of ether oxygens (including phenoxy) is 2. The van der Waals surface area contributed by atoms with Gasteiger partial charge in [0, 0.05) is 29.6 Å². The number of unbranched alkanes of at least 4 members (excludes halogenated alkanes) is 10. The number of ketones is 1. The van der Waals surface area contributed by atoms with Crippen LogP contribution in [0, 0.1) is 29.1 Å². The Labute approximate surface area is 251 Å². The second kappa shape index (κ2) is 11.2. The number of esters is 1. The molecule has 4 fully saturated rings. The van der Waals surface area contributed by atoms with Crippen LogP contribution in [0.2, 0.25) is 0 Å². The average Bonchev–Trinajstić information content (AvgIpc) is 3.76. The molecule has 1 heterocycles. The Kier molecular flexibility index (Phi) is 8.59. The Bertz CT molecular complexity index is 1090. The minimum absolute atomic E-state index is 0.235. The first-order valence-corrected chi connectivity index (χ1v) is 16.7. The fourth-order valence-electron chi connectivity index (χ4n) is 9.63. The molecular weight excluding hydrogens is 536 g/mol. The van der Waals surface area contributed by atoms with Crippen molar-refractivity contribution in [1.82, 2.24) is 0 Å². The molecule has 5 aliphatic rings. The SMILES string of the molecule is CCCCCCCCCCCCCC(=O)O[C@@]12C[C@@H](C)[C@@]3(O)[C@@H](C4OC4(CO)C(O)[C@]4(O)C(=O)C(C)=C[C@@H]34)[C@@H]1C2(C)C. The van der Waals surface area contributed by atoms with Crippen LogP contribution in [0.1, 0.15) is 118 Å². The smallest absolute Gasteiger partial charge is 0.306 e. The summed E-state index contributed by atoms with van der Waals surface area (Å²) < 4.78 is 12.3. The van der Waals surface area contributed by atoms with E-state index in [0.717, 1.165) is 19.3 Å². The van der Waals surface area contributed by atoms with Crippen molar-refractivity contribution in [1.29, 1.82) is 0 Å². The van der Waals surface area contributed by atoms with Gasteiger partial charge in [-0.15, -0.1) is 0 Å². The lowest BCUT2D eigenvalue weighted by Gasteiger charge is -2.51. The third kappa shape index (κ3) is 4.48. The minimum atomic E-state index is -2.30. The lowest BCUT2D eigenvalue weighted by Crippen LogP contribution is -2.65. The van der Waals surface area contributed by atoms with E-state index in [0.29, 0.717) is 12.8 Å². The molecule has 0 aromatic heterocycles. The number of hydrogen-bond acceptors (Lipinski definition) is 8. The van der Waals surface area contributed by atoms with Gasteiger partial charge in [-0.3, -0.25) is 9.59 Å². The molecule has 0 radical (unpaired) electrons. The van der Waals surface area contributed by atoms with Crippen molar-refractivity contribution in [3.05, 3.63) is 11.6 Å². The molecule has 8 heteroatoms. The lowest BCUT2D eigenvalue weighted by molar-refractivity contribution is -0.215. The number of carbonyl (C=O) groups is 2. The second-order valence-electron chi connectivity index (χ2n) is 14.9. The van der Waals surface area contributed by atoms with E-state index in [1.807, 2.05) is 20.8 Å². The third-order valence-corrected chi connectivity index (χ3v) is 12.2. The lowest BCUT2D eigenvalue weighted by atomic mass is 9.59. The van der Waals surface area contributed by atoms with Crippen LogP contribution < -0.4 is 0 Å². The number of rotatable bonds is 14. The Hall–Kier alpha value is -1.32. The van der Waals surface area contributed by atoms with Gasteiger partial charge in [-0.05, 0) is 31.3 Å². The molecule has 4 aliphatic carbocycles. The molecule has 3 unspecified atom stereocenters. The molecule has 0 aromatic rings. The van der Waals surface area contributed by atoms with Gasteiger partial charge >= 0.3 is 5.97 Å². The summed E-state index contributed by atoms with van der Waals surface area (Å²) in [5, 5.41) is 46.2. The van der Waals surface area contributed by atoms with E-state index in [1.54, 1.807) is 13.0 Å². The maximum absolute atomic E-state index is 13.2. The summed E-state index contributed by atoms with van der Waals surface area (Å²) in [6.45, 7) is 9.14. The van der Waals surface area contributed by atoms with Crippen molar-refractivity contribution in [2.75, 3.05) is 6.61 Å². The molecule has 1 aliphatic heterocycles. The third-order valence-electron chi connectivity index (χ3n) is 12.2. The maximum atomic E-state index is 13.2. The zero-order valence-corrected chi connectivity index (χ0v) is 26.4. The quantitative estimate of drug-likeness (QED) is 0.133. The number of hydrogen-bond donors (Lipinski definition) is 4. The van der Waals surface area contributed by atoms with Gasteiger partial charge in [0.1, 0.15) is 17.3 Å². The van der Waals surface area contributed by atoms with Crippen molar-refractivity contribution >= 4 is 11.8 Å².